The number of carbonyl (C=O) groups excluding carboxylic acids is 1. The first kappa shape index (κ1) is 19.1. The first-order chi connectivity index (χ1) is 13.0. The standard InChI is InChI=1S/C19H16Cl2N4O2/c1-2-9-25-19(27)15-6-4-3-5-14(15)17(24-25)18(26)23-22-11-12-7-8-13(20)10-16(12)21/h3-8,10-11H,2,9H2,1H3,(H,23,26)/b22-11+. The number of aryl methyl sites for hydroxylation is 1. The van der Waals surface area contributed by atoms with E-state index in [1.165, 1.54) is 10.9 Å². The van der Waals surface area contributed by atoms with Crippen molar-refractivity contribution in [1.29, 1.82) is 0 Å². The van der Waals surface area contributed by atoms with Gasteiger partial charge >= 0.3 is 0 Å². The average Bonchev–Trinajstić information content (AvgIpc) is 2.66. The lowest BCUT2D eigenvalue weighted by Crippen LogP contribution is -2.29. The van der Waals surface area contributed by atoms with Crippen molar-refractivity contribution in [2.75, 3.05) is 0 Å². The van der Waals surface area contributed by atoms with Gasteiger partial charge in [0.2, 0.25) is 0 Å². The fourth-order valence-corrected chi connectivity index (χ4v) is 3.04. The van der Waals surface area contributed by atoms with E-state index in [2.05, 4.69) is 15.6 Å². The maximum Gasteiger partial charge on any atom is 0.292 e. The molecule has 1 heterocycles. The molecule has 0 fully saturated rings. The molecular formula is C19H16Cl2N4O2. The van der Waals surface area contributed by atoms with Crippen molar-refractivity contribution in [1.82, 2.24) is 15.2 Å². The van der Waals surface area contributed by atoms with Crippen molar-refractivity contribution < 1.29 is 4.79 Å². The van der Waals surface area contributed by atoms with Crippen LogP contribution in [-0.2, 0) is 6.54 Å². The molecule has 138 valence electrons. The van der Waals surface area contributed by atoms with Gasteiger partial charge in [0.15, 0.2) is 5.69 Å². The number of halogens is 2. The third kappa shape index (κ3) is 4.18. The van der Waals surface area contributed by atoms with Crippen LogP contribution in [0.3, 0.4) is 0 Å². The lowest BCUT2D eigenvalue weighted by atomic mass is 10.1. The van der Waals surface area contributed by atoms with Crippen molar-refractivity contribution in [2.24, 2.45) is 5.10 Å². The Labute approximate surface area is 165 Å². The van der Waals surface area contributed by atoms with Crippen molar-refractivity contribution >= 4 is 46.1 Å². The first-order valence-electron chi connectivity index (χ1n) is 8.29. The van der Waals surface area contributed by atoms with E-state index in [-0.39, 0.29) is 11.3 Å². The van der Waals surface area contributed by atoms with Gasteiger partial charge in [0.1, 0.15) is 0 Å². The Hall–Kier alpha value is -2.70. The Kier molecular flexibility index (Phi) is 5.88. The molecule has 0 saturated carbocycles. The summed E-state index contributed by atoms with van der Waals surface area (Å²) in [6, 6.07) is 11.8. The van der Waals surface area contributed by atoms with Gasteiger partial charge in [-0.25, -0.2) is 10.1 Å². The Morgan fingerprint density at radius 1 is 1.22 bits per heavy atom. The SMILES string of the molecule is CCCn1nc(C(=O)N/N=C/c2ccc(Cl)cc2Cl)c2ccccc2c1=O. The molecule has 0 aliphatic rings. The summed E-state index contributed by atoms with van der Waals surface area (Å²) in [5.74, 6) is -0.516. The van der Waals surface area contributed by atoms with Crippen molar-refractivity contribution in [2.45, 2.75) is 19.9 Å². The minimum atomic E-state index is -0.516. The number of rotatable bonds is 5. The van der Waals surface area contributed by atoms with Gasteiger partial charge in [-0.2, -0.15) is 10.2 Å². The third-order valence-electron chi connectivity index (χ3n) is 3.85. The number of fused-ring (bicyclic) bond motifs is 1. The van der Waals surface area contributed by atoms with E-state index < -0.39 is 5.91 Å². The molecule has 1 amide bonds. The van der Waals surface area contributed by atoms with Crippen molar-refractivity contribution in [3.8, 4) is 0 Å². The molecule has 3 rings (SSSR count). The van der Waals surface area contributed by atoms with E-state index in [0.717, 1.165) is 6.42 Å². The van der Waals surface area contributed by atoms with E-state index in [0.29, 0.717) is 32.9 Å². The van der Waals surface area contributed by atoms with Crippen LogP contribution in [0.4, 0.5) is 0 Å². The molecule has 0 aliphatic heterocycles. The highest BCUT2D eigenvalue weighted by molar-refractivity contribution is 6.36. The molecule has 0 atom stereocenters. The van der Waals surface area contributed by atoms with Crippen LogP contribution in [0.2, 0.25) is 10.0 Å². The monoisotopic (exact) mass is 402 g/mol. The Bertz CT molecular complexity index is 1090. The number of amides is 1. The summed E-state index contributed by atoms with van der Waals surface area (Å²) in [5, 5.41) is 10.00. The maximum absolute atomic E-state index is 12.6. The zero-order chi connectivity index (χ0) is 19.4. The molecule has 0 bridgehead atoms. The molecule has 2 aromatic carbocycles. The van der Waals surface area contributed by atoms with Gasteiger partial charge in [0.25, 0.3) is 11.5 Å². The smallest absolute Gasteiger partial charge is 0.267 e. The molecule has 3 aromatic rings. The van der Waals surface area contributed by atoms with Crippen LogP contribution in [0, 0.1) is 0 Å². The summed E-state index contributed by atoms with van der Waals surface area (Å²) in [5.41, 5.74) is 2.95. The van der Waals surface area contributed by atoms with Crippen LogP contribution in [0.1, 0.15) is 29.4 Å². The van der Waals surface area contributed by atoms with Crippen LogP contribution < -0.4 is 11.0 Å². The number of nitrogens with zero attached hydrogens (tertiary/aromatic N) is 3. The zero-order valence-corrected chi connectivity index (χ0v) is 16.0. The topological polar surface area (TPSA) is 76.3 Å². The van der Waals surface area contributed by atoms with Gasteiger partial charge in [-0.15, -0.1) is 0 Å². The Morgan fingerprint density at radius 3 is 2.67 bits per heavy atom. The van der Waals surface area contributed by atoms with Crippen LogP contribution >= 0.6 is 23.2 Å². The normalized spacial score (nSPS) is 11.2. The minimum Gasteiger partial charge on any atom is -0.267 e. The van der Waals surface area contributed by atoms with Gasteiger partial charge in [0.05, 0.1) is 16.6 Å². The molecule has 0 radical (unpaired) electrons. The Morgan fingerprint density at radius 2 is 1.96 bits per heavy atom. The van der Waals surface area contributed by atoms with E-state index in [1.807, 2.05) is 6.92 Å². The summed E-state index contributed by atoms with van der Waals surface area (Å²) in [7, 11) is 0. The maximum atomic E-state index is 12.6. The van der Waals surface area contributed by atoms with Crippen LogP contribution in [-0.4, -0.2) is 21.9 Å². The van der Waals surface area contributed by atoms with E-state index in [4.69, 9.17) is 23.2 Å². The summed E-state index contributed by atoms with van der Waals surface area (Å²) in [4.78, 5) is 25.1. The fraction of sp³-hybridized carbons (Fsp3) is 0.158. The quantitative estimate of drug-likeness (QED) is 0.519. The summed E-state index contributed by atoms with van der Waals surface area (Å²) < 4.78 is 1.30. The predicted molar refractivity (Wildman–Crippen MR) is 108 cm³/mol. The van der Waals surface area contributed by atoms with Crippen LogP contribution in [0.15, 0.2) is 52.4 Å². The molecule has 0 spiro atoms. The summed E-state index contributed by atoms with van der Waals surface area (Å²) in [6.07, 6.45) is 2.14. The molecule has 1 N–H and O–H groups in total. The third-order valence-corrected chi connectivity index (χ3v) is 4.41. The second kappa shape index (κ2) is 8.33. The highest BCUT2D eigenvalue weighted by Gasteiger charge is 2.16. The molecule has 1 aromatic heterocycles. The lowest BCUT2D eigenvalue weighted by molar-refractivity contribution is 0.0949. The van der Waals surface area contributed by atoms with E-state index in [9.17, 15) is 9.59 Å². The summed E-state index contributed by atoms with van der Waals surface area (Å²) >= 11 is 11.9. The van der Waals surface area contributed by atoms with Gasteiger partial charge in [-0.1, -0.05) is 54.4 Å². The Balaban J connectivity index is 1.92. The van der Waals surface area contributed by atoms with Crippen LogP contribution in [0.5, 0.6) is 0 Å². The first-order valence-corrected chi connectivity index (χ1v) is 9.05. The number of hydrogen-bond acceptors (Lipinski definition) is 4. The minimum absolute atomic E-state index is 0.137. The van der Waals surface area contributed by atoms with Crippen LogP contribution in [0.25, 0.3) is 10.8 Å². The molecule has 27 heavy (non-hydrogen) atoms. The number of hydrogen-bond donors (Lipinski definition) is 1. The van der Waals surface area contributed by atoms with Gasteiger partial charge < -0.3 is 0 Å². The number of hydrazone groups is 1. The molecule has 0 saturated heterocycles. The number of benzene rings is 2. The van der Waals surface area contributed by atoms with Gasteiger partial charge in [-0.3, -0.25) is 9.59 Å². The second-order valence-corrected chi connectivity index (χ2v) is 6.63. The largest absolute Gasteiger partial charge is 0.292 e. The summed E-state index contributed by atoms with van der Waals surface area (Å²) in [6.45, 7) is 2.36. The lowest BCUT2D eigenvalue weighted by Gasteiger charge is -2.09. The van der Waals surface area contributed by atoms with E-state index in [1.54, 1.807) is 42.5 Å². The molecule has 0 aliphatic carbocycles. The number of nitrogens with one attached hydrogen (secondary N) is 1. The molecule has 8 heteroatoms. The van der Waals surface area contributed by atoms with Gasteiger partial charge in [-0.05, 0) is 24.6 Å². The second-order valence-electron chi connectivity index (χ2n) is 5.79. The highest BCUT2D eigenvalue weighted by atomic mass is 35.5. The molecule has 6 nitrogen and oxygen atoms in total. The predicted octanol–water partition coefficient (Wildman–Crippen LogP) is 3.88. The van der Waals surface area contributed by atoms with E-state index >= 15 is 0 Å². The highest BCUT2D eigenvalue weighted by Crippen LogP contribution is 2.19. The molecule has 0 unspecified atom stereocenters. The van der Waals surface area contributed by atoms with Gasteiger partial charge in [0, 0.05) is 22.5 Å². The fourth-order valence-electron chi connectivity index (χ4n) is 2.59. The number of carbonyl (C=O) groups is 1. The zero-order valence-electron chi connectivity index (χ0n) is 14.4. The van der Waals surface area contributed by atoms with Crippen molar-refractivity contribution in [3.05, 3.63) is 74.1 Å². The number of aromatic nitrogens is 2. The molecular weight excluding hydrogens is 387 g/mol. The average molecular weight is 403 g/mol. The van der Waals surface area contributed by atoms with Crippen molar-refractivity contribution in [3.63, 3.8) is 0 Å².